The quantitative estimate of drug-likeness (QED) is 0.270. The average molecular weight is 646 g/mol. The highest BCUT2D eigenvalue weighted by Crippen LogP contribution is 2.72. The molecule has 6 rings (SSSR count). The van der Waals surface area contributed by atoms with E-state index in [0.29, 0.717) is 22.8 Å². The van der Waals surface area contributed by atoms with Gasteiger partial charge in [-0.25, -0.2) is 4.79 Å². The molecule has 1 aromatic heterocycles. The number of carbonyl (C=O) groups excluding carboxylic acids is 1. The van der Waals surface area contributed by atoms with Crippen LogP contribution in [0.5, 0.6) is 23.0 Å². The Labute approximate surface area is 272 Å². The van der Waals surface area contributed by atoms with E-state index in [0.717, 1.165) is 5.56 Å². The molecule has 2 heterocycles. The van der Waals surface area contributed by atoms with Gasteiger partial charge in [0.15, 0.2) is 11.2 Å². The maximum atomic E-state index is 13.2. The fourth-order valence-corrected chi connectivity index (χ4v) is 6.85. The number of hydrogen-bond donors (Lipinski definition) is 2. The van der Waals surface area contributed by atoms with Crippen LogP contribution in [0.2, 0.25) is 0 Å². The Morgan fingerprint density at radius 1 is 0.957 bits per heavy atom. The van der Waals surface area contributed by atoms with Gasteiger partial charge in [0, 0.05) is 25.1 Å². The van der Waals surface area contributed by atoms with Gasteiger partial charge in [-0.05, 0) is 44.0 Å². The van der Waals surface area contributed by atoms with Crippen LogP contribution in [-0.2, 0) is 22.5 Å². The van der Waals surface area contributed by atoms with E-state index in [2.05, 4.69) is 10.2 Å². The lowest BCUT2D eigenvalue weighted by Gasteiger charge is -2.40. The maximum absolute atomic E-state index is 13.2. The lowest BCUT2D eigenvalue weighted by Crippen LogP contribution is -2.52. The predicted molar refractivity (Wildman–Crippen MR) is 169 cm³/mol. The summed E-state index contributed by atoms with van der Waals surface area (Å²) in [6, 6.07) is 19.9. The fourth-order valence-electron chi connectivity index (χ4n) is 6.85. The third-order valence-electron chi connectivity index (χ3n) is 8.80. The van der Waals surface area contributed by atoms with Crippen molar-refractivity contribution in [1.29, 1.82) is 0 Å². The van der Waals surface area contributed by atoms with Crippen LogP contribution in [0.1, 0.15) is 61.1 Å². The summed E-state index contributed by atoms with van der Waals surface area (Å²) in [4.78, 5) is 14.0. The third-order valence-corrected chi connectivity index (χ3v) is 8.80. The first-order valence-corrected chi connectivity index (χ1v) is 15.2. The molecule has 1 saturated carbocycles. The summed E-state index contributed by atoms with van der Waals surface area (Å²) in [6.07, 6.45) is -2.11. The smallest absolute Gasteiger partial charge is 0.410 e. The summed E-state index contributed by atoms with van der Waals surface area (Å²) in [5.74, 6) is 0.0510. The SMILES string of the molecule is COc1ccc([C@@]23Oc4cc(OC)cc(OC)c4[C@]2(O)[C@H](O)[C@H](c2nnc(CN(C)C(=O)OC(C)(C)C)o2)[C@H]3c2ccccc2)cc1. The molecule has 1 amide bonds. The number of aliphatic hydroxyl groups excluding tert-OH is 1. The van der Waals surface area contributed by atoms with Crippen molar-refractivity contribution in [3.8, 4) is 23.0 Å². The monoisotopic (exact) mass is 645 g/mol. The Morgan fingerprint density at radius 3 is 2.26 bits per heavy atom. The molecule has 12 nitrogen and oxygen atoms in total. The van der Waals surface area contributed by atoms with Gasteiger partial charge in [0.25, 0.3) is 0 Å². The first-order valence-electron chi connectivity index (χ1n) is 15.2. The molecular formula is C35H39N3O9. The number of nitrogens with zero attached hydrogens (tertiary/aromatic N) is 3. The van der Waals surface area contributed by atoms with Gasteiger partial charge in [0.1, 0.15) is 41.2 Å². The molecule has 248 valence electrons. The molecule has 0 spiro atoms. The van der Waals surface area contributed by atoms with Crippen LogP contribution >= 0.6 is 0 Å². The minimum Gasteiger partial charge on any atom is -0.497 e. The van der Waals surface area contributed by atoms with Crippen molar-refractivity contribution in [2.24, 2.45) is 0 Å². The van der Waals surface area contributed by atoms with E-state index in [1.54, 1.807) is 71.3 Å². The fraction of sp³-hybridized carbons (Fsp3) is 0.400. The molecule has 12 heteroatoms. The molecule has 4 aromatic rings. The van der Waals surface area contributed by atoms with E-state index < -0.39 is 40.8 Å². The zero-order valence-corrected chi connectivity index (χ0v) is 27.4. The standard InChI is InChI=1S/C35H39N3O9/c1-33(2,3)47-32(40)38(4)19-26-36-37-31(45-26)27-28(20-11-9-8-10-12-20)35(21-13-15-22(42-5)16-14-21)34(41,30(27)39)29-24(44-7)17-23(43-6)18-25(29)46-35/h8-18,27-28,30,39,41H,19H2,1-7H3/t27-,28-,30-,34+,35+/m1/s1. The van der Waals surface area contributed by atoms with E-state index in [1.807, 2.05) is 30.3 Å². The summed E-state index contributed by atoms with van der Waals surface area (Å²) >= 11 is 0. The van der Waals surface area contributed by atoms with E-state index in [4.69, 9.17) is 28.1 Å². The number of methoxy groups -OCH3 is 3. The molecule has 47 heavy (non-hydrogen) atoms. The molecule has 2 N–H and O–H groups in total. The lowest BCUT2D eigenvalue weighted by molar-refractivity contribution is -0.151. The van der Waals surface area contributed by atoms with E-state index in [9.17, 15) is 15.0 Å². The molecule has 0 saturated heterocycles. The van der Waals surface area contributed by atoms with Gasteiger partial charge in [0.05, 0.1) is 32.8 Å². The number of aliphatic hydroxyl groups is 2. The van der Waals surface area contributed by atoms with E-state index in [1.165, 1.54) is 19.1 Å². The topological polar surface area (TPSA) is 146 Å². The van der Waals surface area contributed by atoms with Gasteiger partial charge in [-0.15, -0.1) is 10.2 Å². The van der Waals surface area contributed by atoms with Gasteiger partial charge in [-0.3, -0.25) is 0 Å². The Bertz CT molecular complexity index is 1750. The van der Waals surface area contributed by atoms with E-state index in [-0.39, 0.29) is 29.6 Å². The Balaban J connectivity index is 1.54. The molecule has 1 fully saturated rings. The first kappa shape index (κ1) is 32.1. The number of fused-ring (bicyclic) bond motifs is 3. The molecule has 5 atom stereocenters. The van der Waals surface area contributed by atoms with Crippen molar-refractivity contribution in [3.63, 3.8) is 0 Å². The van der Waals surface area contributed by atoms with Crippen LogP contribution in [0, 0.1) is 0 Å². The predicted octanol–water partition coefficient (Wildman–Crippen LogP) is 4.88. The number of aromatic nitrogens is 2. The minimum absolute atomic E-state index is 0.0401. The molecule has 1 aliphatic carbocycles. The van der Waals surface area contributed by atoms with Crippen molar-refractivity contribution < 1.29 is 43.1 Å². The number of rotatable bonds is 8. The molecule has 0 radical (unpaired) electrons. The van der Waals surface area contributed by atoms with Gasteiger partial charge < -0.3 is 43.2 Å². The molecule has 0 bridgehead atoms. The van der Waals surface area contributed by atoms with Crippen molar-refractivity contribution in [1.82, 2.24) is 15.1 Å². The third kappa shape index (κ3) is 5.12. The lowest BCUT2D eigenvalue weighted by atomic mass is 9.70. The van der Waals surface area contributed by atoms with Gasteiger partial charge in [-0.2, -0.15) is 0 Å². The minimum atomic E-state index is -2.10. The summed E-state index contributed by atoms with van der Waals surface area (Å²) < 4.78 is 35.3. The van der Waals surface area contributed by atoms with Crippen molar-refractivity contribution in [2.45, 2.75) is 62.1 Å². The Hall–Kier alpha value is -4.81. The highest BCUT2D eigenvalue weighted by atomic mass is 16.6. The van der Waals surface area contributed by atoms with Gasteiger partial charge in [-0.1, -0.05) is 42.5 Å². The van der Waals surface area contributed by atoms with Gasteiger partial charge in [0.2, 0.25) is 11.8 Å². The zero-order valence-electron chi connectivity index (χ0n) is 27.4. The highest BCUT2D eigenvalue weighted by molar-refractivity contribution is 5.67. The van der Waals surface area contributed by atoms with E-state index >= 15 is 0 Å². The normalized spacial score (nSPS) is 24.6. The summed E-state index contributed by atoms with van der Waals surface area (Å²) in [5.41, 5.74) is -2.84. The van der Waals surface area contributed by atoms with Crippen LogP contribution in [0.25, 0.3) is 0 Å². The highest BCUT2D eigenvalue weighted by Gasteiger charge is 2.78. The van der Waals surface area contributed by atoms with Crippen LogP contribution in [0.15, 0.2) is 71.1 Å². The molecule has 2 aliphatic rings. The Kier molecular flexibility index (Phi) is 8.05. The molecule has 0 unspecified atom stereocenters. The van der Waals surface area contributed by atoms with Crippen molar-refractivity contribution in [2.75, 3.05) is 28.4 Å². The zero-order chi connectivity index (χ0) is 33.7. The maximum Gasteiger partial charge on any atom is 0.410 e. The van der Waals surface area contributed by atoms with Crippen LogP contribution in [0.3, 0.4) is 0 Å². The first-order chi connectivity index (χ1) is 22.4. The number of amides is 1. The largest absolute Gasteiger partial charge is 0.497 e. The number of carbonyl (C=O) groups is 1. The Morgan fingerprint density at radius 2 is 1.64 bits per heavy atom. The second kappa shape index (κ2) is 11.8. The van der Waals surface area contributed by atoms with Crippen LogP contribution in [-0.4, -0.2) is 71.5 Å². The number of benzene rings is 3. The molecule has 1 aliphatic heterocycles. The average Bonchev–Trinajstić information content (AvgIpc) is 3.68. The molecular weight excluding hydrogens is 606 g/mol. The second-order valence-electron chi connectivity index (χ2n) is 12.8. The van der Waals surface area contributed by atoms with Crippen molar-refractivity contribution >= 4 is 6.09 Å². The second-order valence-corrected chi connectivity index (χ2v) is 12.8. The summed E-state index contributed by atoms with van der Waals surface area (Å²) in [6.45, 7) is 5.29. The molecule has 3 aromatic carbocycles. The summed E-state index contributed by atoms with van der Waals surface area (Å²) in [5, 5.41) is 34.2. The van der Waals surface area contributed by atoms with Crippen molar-refractivity contribution in [3.05, 3.63) is 95.2 Å². The van der Waals surface area contributed by atoms with Crippen LogP contribution < -0.4 is 18.9 Å². The van der Waals surface area contributed by atoms with Gasteiger partial charge >= 0.3 is 6.09 Å². The van der Waals surface area contributed by atoms with Crippen LogP contribution in [0.4, 0.5) is 4.79 Å². The number of ether oxygens (including phenoxy) is 5. The summed E-state index contributed by atoms with van der Waals surface area (Å²) in [7, 11) is 6.13. The number of hydrogen-bond acceptors (Lipinski definition) is 11.